The first-order chi connectivity index (χ1) is 21.8. The molecule has 0 unspecified atom stereocenters. The lowest BCUT2D eigenvalue weighted by Gasteiger charge is -2.29. The number of nitrogens with one attached hydrogen (secondary N) is 2. The second-order valence-electron chi connectivity index (χ2n) is 12.7. The summed E-state index contributed by atoms with van der Waals surface area (Å²) in [6, 6.07) is 19.9. The molecule has 0 amide bonds. The van der Waals surface area contributed by atoms with Gasteiger partial charge in [0.15, 0.2) is 0 Å². The van der Waals surface area contributed by atoms with Gasteiger partial charge in [0.25, 0.3) is 0 Å². The molecule has 45 heavy (non-hydrogen) atoms. The van der Waals surface area contributed by atoms with Crippen molar-refractivity contribution in [3.8, 4) is 0 Å². The molecule has 242 valence electrons. The molecule has 8 nitrogen and oxygen atoms in total. The zero-order valence-electron chi connectivity index (χ0n) is 27.4. The van der Waals surface area contributed by atoms with Gasteiger partial charge in [0.05, 0.1) is 10.4 Å². The largest absolute Gasteiger partial charge is 0.371 e. The summed E-state index contributed by atoms with van der Waals surface area (Å²) in [4.78, 5) is 14.3. The Morgan fingerprint density at radius 1 is 0.756 bits per heavy atom. The molecule has 3 aromatic carbocycles. The highest BCUT2D eigenvalue weighted by molar-refractivity contribution is 7.89. The van der Waals surface area contributed by atoms with E-state index in [1.54, 1.807) is 6.07 Å². The lowest BCUT2D eigenvalue weighted by atomic mass is 9.82. The van der Waals surface area contributed by atoms with Gasteiger partial charge >= 0.3 is 0 Å². The van der Waals surface area contributed by atoms with E-state index in [4.69, 9.17) is 9.97 Å². The molecule has 1 saturated carbocycles. The molecule has 1 heterocycles. The van der Waals surface area contributed by atoms with Crippen LogP contribution in [-0.4, -0.2) is 58.7 Å². The number of benzene rings is 3. The zero-order chi connectivity index (χ0) is 31.8. The third kappa shape index (κ3) is 8.05. The smallest absolute Gasteiger partial charge is 0.241 e. The number of fused-ring (bicyclic) bond motifs is 2. The third-order valence-corrected chi connectivity index (χ3v) is 10.6. The van der Waals surface area contributed by atoms with Crippen LogP contribution in [0.15, 0.2) is 65.6 Å². The Morgan fingerprint density at radius 2 is 1.38 bits per heavy atom. The lowest BCUT2D eigenvalue weighted by molar-refractivity contribution is 0.284. The molecule has 1 aliphatic carbocycles. The van der Waals surface area contributed by atoms with Gasteiger partial charge in [-0.3, -0.25) is 0 Å². The van der Waals surface area contributed by atoms with E-state index in [9.17, 15) is 8.42 Å². The number of hydrogen-bond donors (Lipinski definition) is 2. The Labute approximate surface area is 269 Å². The molecule has 1 aliphatic rings. The summed E-state index contributed by atoms with van der Waals surface area (Å²) in [6.07, 6.45) is 8.60. The first kappa shape index (κ1) is 32.9. The summed E-state index contributed by atoms with van der Waals surface area (Å²) in [7, 11) is 0.352. The van der Waals surface area contributed by atoms with Crippen LogP contribution >= 0.6 is 0 Å². The van der Waals surface area contributed by atoms with Crippen molar-refractivity contribution < 1.29 is 8.42 Å². The fraction of sp³-hybridized carbons (Fsp3) is 0.500. The van der Waals surface area contributed by atoms with Gasteiger partial charge in [-0.15, -0.1) is 0 Å². The molecule has 1 fully saturated rings. The average Bonchev–Trinajstić information content (AvgIpc) is 3.06. The predicted octanol–water partition coefficient (Wildman–Crippen LogP) is 7.45. The number of rotatable bonds is 15. The van der Waals surface area contributed by atoms with Gasteiger partial charge in [-0.2, -0.15) is 4.98 Å². The predicted molar refractivity (Wildman–Crippen MR) is 189 cm³/mol. The minimum absolute atomic E-state index is 0.331. The van der Waals surface area contributed by atoms with Crippen LogP contribution in [0.25, 0.3) is 21.7 Å². The van der Waals surface area contributed by atoms with Crippen molar-refractivity contribution in [1.29, 1.82) is 0 Å². The van der Waals surface area contributed by atoms with Crippen LogP contribution in [0.5, 0.6) is 0 Å². The van der Waals surface area contributed by atoms with E-state index < -0.39 is 10.0 Å². The maximum Gasteiger partial charge on any atom is 0.241 e. The van der Waals surface area contributed by atoms with Crippen molar-refractivity contribution >= 4 is 49.2 Å². The van der Waals surface area contributed by atoms with Gasteiger partial charge in [-0.1, -0.05) is 63.1 Å². The highest BCUT2D eigenvalue weighted by Gasteiger charge is 2.25. The fourth-order valence-corrected chi connectivity index (χ4v) is 7.82. The highest BCUT2D eigenvalue weighted by Crippen LogP contribution is 2.33. The zero-order valence-corrected chi connectivity index (χ0v) is 28.2. The molecule has 4 aromatic rings. The molecule has 0 radical (unpaired) electrons. The second-order valence-corrected chi connectivity index (χ2v) is 14.5. The molecule has 0 bridgehead atoms. The lowest BCUT2D eigenvalue weighted by Crippen LogP contribution is -2.32. The number of sulfonamides is 1. The van der Waals surface area contributed by atoms with Gasteiger partial charge in [-0.25, -0.2) is 18.1 Å². The quantitative estimate of drug-likeness (QED) is 0.141. The third-order valence-electron chi connectivity index (χ3n) is 9.14. The minimum atomic E-state index is -3.65. The van der Waals surface area contributed by atoms with E-state index >= 15 is 0 Å². The average molecular weight is 631 g/mol. The molecule has 0 atom stereocenters. The first-order valence-electron chi connectivity index (χ1n) is 16.7. The monoisotopic (exact) mass is 630 g/mol. The SMILES string of the molecule is CCCCN(CCCC)c1cccc2c(S(=O)(=O)NC[C@H]3CC[C@H](CNc4nc(N(C)C)c5ccccc5n4)CC3)cccc12. The van der Waals surface area contributed by atoms with Crippen LogP contribution < -0.4 is 19.8 Å². The Morgan fingerprint density at radius 3 is 2.07 bits per heavy atom. The molecule has 5 rings (SSSR count). The maximum absolute atomic E-state index is 13.7. The summed E-state index contributed by atoms with van der Waals surface area (Å²) in [6.45, 7) is 7.67. The first-order valence-corrected chi connectivity index (χ1v) is 18.2. The number of aromatic nitrogens is 2. The van der Waals surface area contributed by atoms with Crippen LogP contribution in [0.1, 0.15) is 65.2 Å². The Bertz CT molecular complexity index is 1660. The molecule has 0 spiro atoms. The highest BCUT2D eigenvalue weighted by atomic mass is 32.2. The van der Waals surface area contributed by atoms with Gasteiger partial charge in [0.1, 0.15) is 5.82 Å². The van der Waals surface area contributed by atoms with Gasteiger partial charge in [-0.05, 0) is 74.6 Å². The van der Waals surface area contributed by atoms with Crippen molar-refractivity contribution in [2.75, 3.05) is 55.4 Å². The molecular formula is C36H50N6O2S. The van der Waals surface area contributed by atoms with Gasteiger partial charge in [0, 0.05) is 62.1 Å². The van der Waals surface area contributed by atoms with E-state index in [-0.39, 0.29) is 0 Å². The van der Waals surface area contributed by atoms with Crippen molar-refractivity contribution in [1.82, 2.24) is 14.7 Å². The summed E-state index contributed by atoms with van der Waals surface area (Å²) in [5.41, 5.74) is 2.06. The van der Waals surface area contributed by atoms with Crippen LogP contribution in [-0.2, 0) is 10.0 Å². The number of para-hydroxylation sites is 1. The van der Waals surface area contributed by atoms with E-state index in [0.717, 1.165) is 104 Å². The number of anilines is 3. The van der Waals surface area contributed by atoms with Gasteiger partial charge in [0.2, 0.25) is 16.0 Å². The van der Waals surface area contributed by atoms with E-state index in [0.29, 0.717) is 29.2 Å². The van der Waals surface area contributed by atoms with E-state index in [1.165, 1.54) is 0 Å². The van der Waals surface area contributed by atoms with Crippen molar-refractivity contribution in [3.05, 3.63) is 60.7 Å². The number of unbranched alkanes of at least 4 members (excludes halogenated alkanes) is 2. The number of hydrogen-bond acceptors (Lipinski definition) is 7. The number of nitrogens with zero attached hydrogens (tertiary/aromatic N) is 4. The van der Waals surface area contributed by atoms with Gasteiger partial charge < -0.3 is 15.1 Å². The summed E-state index contributed by atoms with van der Waals surface area (Å²) < 4.78 is 30.3. The summed E-state index contributed by atoms with van der Waals surface area (Å²) >= 11 is 0. The standard InChI is InChI=1S/C36H50N6O2S/c1-5-7-23-42(24-8-6-2)33-17-11-15-30-29(33)14-12-18-34(30)45(43,44)38-26-28-21-19-27(20-22-28)25-37-36-39-32-16-10-9-13-31(32)35(40-36)41(3)4/h9-18,27-28,38H,5-8,19-26H2,1-4H3,(H,37,39,40)/t27-,28-. The summed E-state index contributed by atoms with van der Waals surface area (Å²) in [5.74, 6) is 2.41. The van der Waals surface area contributed by atoms with E-state index in [1.807, 2.05) is 55.4 Å². The van der Waals surface area contributed by atoms with Crippen LogP contribution in [0.2, 0.25) is 0 Å². The minimum Gasteiger partial charge on any atom is -0.371 e. The van der Waals surface area contributed by atoms with Crippen LogP contribution in [0.3, 0.4) is 0 Å². The van der Waals surface area contributed by atoms with Crippen LogP contribution in [0, 0.1) is 11.8 Å². The normalized spacial score (nSPS) is 17.1. The van der Waals surface area contributed by atoms with Crippen molar-refractivity contribution in [3.63, 3.8) is 0 Å². The Hall–Kier alpha value is -3.43. The summed E-state index contributed by atoms with van der Waals surface area (Å²) in [5, 5.41) is 6.33. The molecule has 2 N–H and O–H groups in total. The fourth-order valence-electron chi connectivity index (χ4n) is 6.49. The second kappa shape index (κ2) is 15.2. The molecule has 0 saturated heterocycles. The molecular weight excluding hydrogens is 581 g/mol. The molecule has 9 heteroatoms. The van der Waals surface area contributed by atoms with E-state index in [2.05, 4.69) is 47.0 Å². The maximum atomic E-state index is 13.7. The topological polar surface area (TPSA) is 90.5 Å². The van der Waals surface area contributed by atoms with Crippen molar-refractivity contribution in [2.24, 2.45) is 11.8 Å². The van der Waals surface area contributed by atoms with Crippen LogP contribution in [0.4, 0.5) is 17.5 Å². The molecule has 1 aromatic heterocycles. The molecule has 0 aliphatic heterocycles. The Balaban J connectivity index is 1.19. The van der Waals surface area contributed by atoms with Crippen molar-refractivity contribution in [2.45, 2.75) is 70.1 Å². The Kier molecular flexibility index (Phi) is 11.2.